The van der Waals surface area contributed by atoms with Crippen LogP contribution in [-0.4, -0.2) is 25.0 Å². The van der Waals surface area contributed by atoms with E-state index < -0.39 is 17.9 Å². The highest BCUT2D eigenvalue weighted by Crippen LogP contribution is 2.14. The minimum Gasteiger partial charge on any atom is -0.340 e. The molecule has 1 aromatic rings. The molecule has 2 amide bonds. The molecule has 0 heterocycles. The van der Waals surface area contributed by atoms with Crippen molar-refractivity contribution in [1.29, 1.82) is 0 Å². The molecule has 0 aromatic heterocycles. The van der Waals surface area contributed by atoms with Gasteiger partial charge in [0.05, 0.1) is 17.7 Å². The number of benzene rings is 1. The quantitative estimate of drug-likeness (QED) is 0.794. The Hall–Kier alpha value is -1.59. The average Bonchev–Trinajstić information content (AvgIpc) is 2.29. The lowest BCUT2D eigenvalue weighted by Crippen LogP contribution is -2.44. The Morgan fingerprint density at radius 3 is 2.59 bits per heavy atom. The van der Waals surface area contributed by atoms with Gasteiger partial charge in [0.25, 0.3) is 11.8 Å². The zero-order valence-corrected chi connectivity index (χ0v) is 10.2. The third kappa shape index (κ3) is 3.72. The lowest BCUT2D eigenvalue weighted by atomic mass is 10.2. The predicted molar refractivity (Wildman–Crippen MR) is 63.5 cm³/mol. The molecule has 2 N–H and O–H groups in total. The van der Waals surface area contributed by atoms with Crippen molar-refractivity contribution in [3.8, 4) is 0 Å². The number of amides is 2. The molecule has 0 bridgehead atoms. The maximum atomic E-state index is 11.8. The third-order valence-corrected chi connectivity index (χ3v) is 2.39. The maximum Gasteiger partial charge on any atom is 0.265 e. The monoisotopic (exact) mass is 256 g/mol. The van der Waals surface area contributed by atoms with E-state index in [-0.39, 0.29) is 0 Å². The number of carbonyl (C=O) groups excluding carboxylic acids is 2. The fraction of sp³-hybridized carbons (Fsp3) is 0.273. The summed E-state index contributed by atoms with van der Waals surface area (Å²) in [6.07, 6.45) is 0. The lowest BCUT2D eigenvalue weighted by Gasteiger charge is -2.13. The standard InChI is InChI=1S/C11H13ClN2O3/c1-7(10(15)14-17-2)13-11(16)8-5-3-4-6-9(8)12/h3-7H,1-2H3,(H,13,16)(H,14,15)/t7-/m1/s1. The zero-order chi connectivity index (χ0) is 12.8. The van der Waals surface area contributed by atoms with Gasteiger partial charge in [0.15, 0.2) is 0 Å². The molecule has 1 atom stereocenters. The van der Waals surface area contributed by atoms with Gasteiger partial charge in [-0.1, -0.05) is 23.7 Å². The predicted octanol–water partition coefficient (Wildman–Crippen LogP) is 1.14. The first-order valence-electron chi connectivity index (χ1n) is 4.94. The summed E-state index contributed by atoms with van der Waals surface area (Å²) in [5.41, 5.74) is 2.46. The van der Waals surface area contributed by atoms with Gasteiger partial charge in [-0.05, 0) is 19.1 Å². The van der Waals surface area contributed by atoms with Crippen molar-refractivity contribution in [2.75, 3.05) is 7.11 Å². The van der Waals surface area contributed by atoms with Crippen molar-refractivity contribution >= 4 is 23.4 Å². The van der Waals surface area contributed by atoms with Gasteiger partial charge in [-0.25, -0.2) is 5.48 Å². The van der Waals surface area contributed by atoms with Gasteiger partial charge >= 0.3 is 0 Å². The van der Waals surface area contributed by atoms with E-state index >= 15 is 0 Å². The van der Waals surface area contributed by atoms with Crippen molar-refractivity contribution in [3.05, 3.63) is 34.9 Å². The van der Waals surface area contributed by atoms with Crippen LogP contribution < -0.4 is 10.8 Å². The summed E-state index contributed by atoms with van der Waals surface area (Å²) < 4.78 is 0. The fourth-order valence-electron chi connectivity index (χ4n) is 1.17. The summed E-state index contributed by atoms with van der Waals surface area (Å²) in [5, 5.41) is 2.84. The third-order valence-electron chi connectivity index (χ3n) is 2.06. The van der Waals surface area contributed by atoms with E-state index in [9.17, 15) is 9.59 Å². The molecule has 0 radical (unpaired) electrons. The second kappa shape index (κ2) is 6.22. The molecule has 17 heavy (non-hydrogen) atoms. The van der Waals surface area contributed by atoms with Crippen LogP contribution in [0.15, 0.2) is 24.3 Å². The lowest BCUT2D eigenvalue weighted by molar-refractivity contribution is -0.132. The van der Waals surface area contributed by atoms with Crippen LogP contribution in [0.3, 0.4) is 0 Å². The van der Waals surface area contributed by atoms with E-state index in [0.717, 1.165) is 0 Å². The Balaban J connectivity index is 2.67. The van der Waals surface area contributed by atoms with Gasteiger partial charge in [-0.2, -0.15) is 0 Å². The topological polar surface area (TPSA) is 67.4 Å². The number of halogens is 1. The van der Waals surface area contributed by atoms with Crippen LogP contribution in [0, 0.1) is 0 Å². The Morgan fingerprint density at radius 2 is 2.00 bits per heavy atom. The van der Waals surface area contributed by atoms with Gasteiger partial charge in [0, 0.05) is 0 Å². The highest BCUT2D eigenvalue weighted by Gasteiger charge is 2.17. The highest BCUT2D eigenvalue weighted by molar-refractivity contribution is 6.33. The van der Waals surface area contributed by atoms with Crippen LogP contribution in [0.1, 0.15) is 17.3 Å². The molecular weight excluding hydrogens is 244 g/mol. The second-order valence-corrected chi connectivity index (χ2v) is 3.75. The zero-order valence-electron chi connectivity index (χ0n) is 9.49. The van der Waals surface area contributed by atoms with Crippen molar-refractivity contribution in [2.45, 2.75) is 13.0 Å². The van der Waals surface area contributed by atoms with E-state index in [1.54, 1.807) is 31.2 Å². The molecule has 0 aliphatic heterocycles. The Kier molecular flexibility index (Phi) is 4.93. The van der Waals surface area contributed by atoms with Crippen LogP contribution in [0.5, 0.6) is 0 Å². The molecular formula is C11H13ClN2O3. The average molecular weight is 257 g/mol. The molecule has 0 aliphatic rings. The Bertz CT molecular complexity index is 423. The molecule has 0 spiro atoms. The van der Waals surface area contributed by atoms with Gasteiger partial charge < -0.3 is 5.32 Å². The summed E-state index contributed by atoms with van der Waals surface area (Å²) in [5.74, 6) is -0.845. The van der Waals surface area contributed by atoms with Crippen LogP contribution in [0.25, 0.3) is 0 Å². The van der Waals surface area contributed by atoms with Crippen LogP contribution >= 0.6 is 11.6 Å². The number of hydrogen-bond donors (Lipinski definition) is 2. The van der Waals surface area contributed by atoms with E-state index in [1.165, 1.54) is 7.11 Å². The summed E-state index contributed by atoms with van der Waals surface area (Å²) in [6, 6.07) is 5.90. The first-order valence-corrected chi connectivity index (χ1v) is 5.32. The number of carbonyl (C=O) groups is 2. The smallest absolute Gasteiger partial charge is 0.265 e. The first-order chi connectivity index (χ1) is 8.06. The van der Waals surface area contributed by atoms with Gasteiger partial charge in [-0.3, -0.25) is 14.4 Å². The highest BCUT2D eigenvalue weighted by atomic mass is 35.5. The van der Waals surface area contributed by atoms with E-state index in [4.69, 9.17) is 11.6 Å². The summed E-state index contributed by atoms with van der Waals surface area (Å²) >= 11 is 5.86. The Morgan fingerprint density at radius 1 is 1.35 bits per heavy atom. The largest absolute Gasteiger partial charge is 0.340 e. The Labute approximate surface area is 104 Å². The number of rotatable bonds is 4. The first kappa shape index (κ1) is 13.5. The molecule has 0 unspecified atom stereocenters. The van der Waals surface area contributed by atoms with E-state index in [0.29, 0.717) is 10.6 Å². The summed E-state index contributed by atoms with van der Waals surface area (Å²) in [4.78, 5) is 27.5. The maximum absolute atomic E-state index is 11.8. The molecule has 6 heteroatoms. The van der Waals surface area contributed by atoms with Crippen LogP contribution in [0.4, 0.5) is 0 Å². The number of nitrogens with one attached hydrogen (secondary N) is 2. The molecule has 1 aromatic carbocycles. The molecule has 0 aliphatic carbocycles. The molecule has 0 saturated carbocycles. The van der Waals surface area contributed by atoms with Crippen molar-refractivity contribution in [1.82, 2.24) is 10.8 Å². The van der Waals surface area contributed by atoms with Gasteiger partial charge in [-0.15, -0.1) is 0 Å². The second-order valence-electron chi connectivity index (χ2n) is 3.35. The minimum absolute atomic E-state index is 0.325. The van der Waals surface area contributed by atoms with Crippen molar-refractivity contribution < 1.29 is 14.4 Å². The SMILES string of the molecule is CONC(=O)[C@@H](C)NC(=O)c1ccccc1Cl. The molecule has 92 valence electrons. The molecule has 1 rings (SSSR count). The van der Waals surface area contributed by atoms with Crippen LogP contribution in [-0.2, 0) is 9.63 Å². The van der Waals surface area contributed by atoms with Crippen molar-refractivity contribution in [3.63, 3.8) is 0 Å². The van der Waals surface area contributed by atoms with E-state index in [2.05, 4.69) is 15.6 Å². The number of hydrogen-bond acceptors (Lipinski definition) is 3. The van der Waals surface area contributed by atoms with Crippen molar-refractivity contribution in [2.24, 2.45) is 0 Å². The van der Waals surface area contributed by atoms with Gasteiger partial charge in [0.2, 0.25) is 0 Å². The van der Waals surface area contributed by atoms with Crippen LogP contribution in [0.2, 0.25) is 5.02 Å². The van der Waals surface area contributed by atoms with E-state index in [1.807, 2.05) is 0 Å². The fourth-order valence-corrected chi connectivity index (χ4v) is 1.40. The normalized spacial score (nSPS) is 11.7. The summed E-state index contributed by atoms with van der Waals surface area (Å²) in [7, 11) is 1.32. The molecule has 5 nitrogen and oxygen atoms in total. The van der Waals surface area contributed by atoms with Gasteiger partial charge in [0.1, 0.15) is 6.04 Å². The molecule has 0 saturated heterocycles. The minimum atomic E-state index is -0.710. The molecule has 0 fully saturated rings. The number of hydroxylamine groups is 1. The summed E-state index contributed by atoms with van der Waals surface area (Å²) in [6.45, 7) is 1.54.